The highest BCUT2D eigenvalue weighted by Crippen LogP contribution is 2.19. The van der Waals surface area contributed by atoms with E-state index in [1.807, 2.05) is 25.1 Å². The molecule has 1 saturated heterocycles. The number of nitrogens with one attached hydrogen (secondary N) is 1. The number of aryl methyl sites for hydroxylation is 1. The van der Waals surface area contributed by atoms with Gasteiger partial charge in [0.15, 0.2) is 9.84 Å². The lowest BCUT2D eigenvalue weighted by Crippen LogP contribution is -2.40. The van der Waals surface area contributed by atoms with Gasteiger partial charge >= 0.3 is 0 Å². The minimum atomic E-state index is -3.01. The van der Waals surface area contributed by atoms with Gasteiger partial charge in [-0.25, -0.2) is 13.1 Å². The summed E-state index contributed by atoms with van der Waals surface area (Å²) in [7, 11) is -1.35. The van der Waals surface area contributed by atoms with Gasteiger partial charge < -0.3 is 10.2 Å². The van der Waals surface area contributed by atoms with Crippen LogP contribution in [-0.2, 0) is 14.6 Å². The number of amides is 1. The van der Waals surface area contributed by atoms with E-state index in [4.69, 9.17) is 0 Å². The molecule has 1 atom stereocenters. The van der Waals surface area contributed by atoms with Gasteiger partial charge in [0, 0.05) is 18.8 Å². The minimum absolute atomic E-state index is 0.0506. The molecule has 1 aliphatic rings. The normalized spacial score (nSPS) is 18.9. The fourth-order valence-corrected chi connectivity index (χ4v) is 4.66. The second-order valence-corrected chi connectivity index (χ2v) is 8.40. The largest absolute Gasteiger partial charge is 0.376 e. The second kappa shape index (κ2) is 6.79. The molecule has 0 bridgehead atoms. The summed E-state index contributed by atoms with van der Waals surface area (Å²) in [5.74, 6) is 0.0690. The van der Waals surface area contributed by atoms with Crippen LogP contribution in [0.25, 0.3) is 5.69 Å². The molecule has 25 heavy (non-hydrogen) atoms. The molecule has 1 amide bonds. The van der Waals surface area contributed by atoms with Gasteiger partial charge in [-0.3, -0.25) is 4.79 Å². The smallest absolute Gasteiger partial charge is 0.241 e. The zero-order valence-electron chi connectivity index (χ0n) is 14.1. The summed E-state index contributed by atoms with van der Waals surface area (Å²) in [5.41, 5.74) is 2.62. The van der Waals surface area contributed by atoms with Crippen molar-refractivity contribution in [1.82, 2.24) is 25.1 Å². The number of hydrogen-bond donors (Lipinski definition) is 1. The number of carbonyl (C=O) groups is 1. The summed E-state index contributed by atoms with van der Waals surface area (Å²) in [6, 6.07) is 5.39. The molecule has 1 N–H and O–H groups in total. The molecule has 0 saturated carbocycles. The fourth-order valence-electron chi connectivity index (χ4n) is 2.88. The van der Waals surface area contributed by atoms with Crippen LogP contribution < -0.4 is 5.32 Å². The maximum atomic E-state index is 12.3. The van der Waals surface area contributed by atoms with E-state index in [0.717, 1.165) is 16.9 Å². The Morgan fingerprint density at radius 1 is 1.44 bits per heavy atom. The van der Waals surface area contributed by atoms with Gasteiger partial charge in [-0.05, 0) is 47.5 Å². The number of sulfone groups is 1. The van der Waals surface area contributed by atoms with Crippen LogP contribution in [0.4, 0.5) is 5.69 Å². The van der Waals surface area contributed by atoms with Crippen LogP contribution in [0.3, 0.4) is 0 Å². The zero-order valence-corrected chi connectivity index (χ0v) is 14.9. The SMILES string of the molecule is Cc1cc(NCC(=O)N(C)C2CCS(=O)(=O)C2)ccc1-n1cnnn1. The van der Waals surface area contributed by atoms with E-state index >= 15 is 0 Å². The van der Waals surface area contributed by atoms with Gasteiger partial charge in [-0.15, -0.1) is 5.10 Å². The van der Waals surface area contributed by atoms with E-state index in [9.17, 15) is 13.2 Å². The van der Waals surface area contributed by atoms with Crippen LogP contribution in [0, 0.1) is 6.92 Å². The highest BCUT2D eigenvalue weighted by atomic mass is 32.2. The third-order valence-electron chi connectivity index (χ3n) is 4.39. The van der Waals surface area contributed by atoms with E-state index in [-0.39, 0.29) is 30.0 Å². The number of tetrazole rings is 1. The minimum Gasteiger partial charge on any atom is -0.376 e. The highest BCUT2D eigenvalue weighted by molar-refractivity contribution is 7.91. The Labute approximate surface area is 145 Å². The third kappa shape index (κ3) is 3.95. The van der Waals surface area contributed by atoms with Crippen molar-refractivity contribution in [1.29, 1.82) is 0 Å². The lowest BCUT2D eigenvalue weighted by atomic mass is 10.1. The van der Waals surface area contributed by atoms with Gasteiger partial charge in [-0.1, -0.05) is 0 Å². The molecule has 1 aromatic carbocycles. The van der Waals surface area contributed by atoms with Crippen LogP contribution in [0.5, 0.6) is 0 Å². The Morgan fingerprint density at radius 3 is 2.84 bits per heavy atom. The molecule has 9 nitrogen and oxygen atoms in total. The molecule has 134 valence electrons. The van der Waals surface area contributed by atoms with Crippen molar-refractivity contribution in [3.8, 4) is 5.69 Å². The molecule has 1 aliphatic heterocycles. The molecule has 1 aromatic heterocycles. The number of rotatable bonds is 5. The predicted molar refractivity (Wildman–Crippen MR) is 92.2 cm³/mol. The van der Waals surface area contributed by atoms with Gasteiger partial charge in [0.05, 0.1) is 23.7 Å². The quantitative estimate of drug-likeness (QED) is 0.797. The van der Waals surface area contributed by atoms with Crippen molar-refractivity contribution in [2.45, 2.75) is 19.4 Å². The number of anilines is 1. The number of aromatic nitrogens is 4. The Morgan fingerprint density at radius 2 is 2.24 bits per heavy atom. The highest BCUT2D eigenvalue weighted by Gasteiger charge is 2.32. The molecule has 1 fully saturated rings. The number of hydrogen-bond acceptors (Lipinski definition) is 7. The summed E-state index contributed by atoms with van der Waals surface area (Å²) in [6.07, 6.45) is 2.02. The van der Waals surface area contributed by atoms with Crippen molar-refractivity contribution in [3.05, 3.63) is 30.1 Å². The first-order chi connectivity index (χ1) is 11.9. The van der Waals surface area contributed by atoms with Crippen LogP contribution in [0.2, 0.25) is 0 Å². The Bertz CT molecular complexity index is 865. The van der Waals surface area contributed by atoms with Gasteiger partial charge in [-0.2, -0.15) is 0 Å². The van der Waals surface area contributed by atoms with Crippen molar-refractivity contribution in [2.75, 3.05) is 30.4 Å². The van der Waals surface area contributed by atoms with E-state index < -0.39 is 9.84 Å². The number of nitrogens with zero attached hydrogens (tertiary/aromatic N) is 5. The standard InChI is InChI=1S/C15H20N6O3S/c1-11-7-12(3-4-14(11)21-10-17-18-19-21)16-8-15(22)20(2)13-5-6-25(23,24)9-13/h3-4,7,10,13,16H,5-6,8-9H2,1-2H3. The van der Waals surface area contributed by atoms with Gasteiger partial charge in [0.25, 0.3) is 0 Å². The summed E-state index contributed by atoms with van der Waals surface area (Å²) < 4.78 is 24.7. The summed E-state index contributed by atoms with van der Waals surface area (Å²) in [4.78, 5) is 13.8. The van der Waals surface area contributed by atoms with Gasteiger partial charge in [0.1, 0.15) is 6.33 Å². The number of likely N-dealkylation sites (N-methyl/N-ethyl adjacent to an activating group) is 1. The maximum absolute atomic E-state index is 12.3. The fraction of sp³-hybridized carbons (Fsp3) is 0.467. The molecule has 0 spiro atoms. The number of benzene rings is 1. The van der Waals surface area contributed by atoms with Crippen molar-refractivity contribution in [3.63, 3.8) is 0 Å². The first-order valence-corrected chi connectivity index (χ1v) is 9.72. The van der Waals surface area contributed by atoms with Crippen LogP contribution in [0.1, 0.15) is 12.0 Å². The first-order valence-electron chi connectivity index (χ1n) is 7.90. The average molecular weight is 364 g/mol. The molecular weight excluding hydrogens is 344 g/mol. The number of carbonyl (C=O) groups excluding carboxylic acids is 1. The van der Waals surface area contributed by atoms with Crippen LogP contribution >= 0.6 is 0 Å². The topological polar surface area (TPSA) is 110 Å². The van der Waals surface area contributed by atoms with Crippen LogP contribution in [0.15, 0.2) is 24.5 Å². The summed E-state index contributed by atoms with van der Waals surface area (Å²) in [5, 5.41) is 14.2. The van der Waals surface area contributed by atoms with E-state index in [1.165, 1.54) is 11.2 Å². The molecule has 0 aliphatic carbocycles. The second-order valence-electron chi connectivity index (χ2n) is 6.17. The van der Waals surface area contributed by atoms with E-state index in [1.54, 1.807) is 11.7 Å². The summed E-state index contributed by atoms with van der Waals surface area (Å²) in [6.45, 7) is 2.04. The Balaban J connectivity index is 1.60. The molecule has 0 radical (unpaired) electrons. The predicted octanol–water partition coefficient (Wildman–Crippen LogP) is 0.0281. The lowest BCUT2D eigenvalue weighted by molar-refractivity contribution is -0.129. The molecule has 2 aromatic rings. The Kier molecular flexibility index (Phi) is 4.71. The van der Waals surface area contributed by atoms with Gasteiger partial charge in [0.2, 0.25) is 5.91 Å². The average Bonchev–Trinajstić information content (AvgIpc) is 3.21. The zero-order chi connectivity index (χ0) is 18.0. The first kappa shape index (κ1) is 17.3. The van der Waals surface area contributed by atoms with Crippen molar-refractivity contribution in [2.24, 2.45) is 0 Å². The third-order valence-corrected chi connectivity index (χ3v) is 6.14. The van der Waals surface area contributed by atoms with Crippen molar-refractivity contribution >= 4 is 21.4 Å². The summed E-state index contributed by atoms with van der Waals surface area (Å²) >= 11 is 0. The monoisotopic (exact) mass is 364 g/mol. The molecule has 3 rings (SSSR count). The molecule has 1 unspecified atom stereocenters. The molecular formula is C15H20N6O3S. The maximum Gasteiger partial charge on any atom is 0.241 e. The van der Waals surface area contributed by atoms with E-state index in [0.29, 0.717) is 6.42 Å². The molecule has 10 heteroatoms. The van der Waals surface area contributed by atoms with Crippen LogP contribution in [-0.4, -0.2) is 70.6 Å². The Hall–Kier alpha value is -2.49. The molecule has 2 heterocycles. The van der Waals surface area contributed by atoms with Crippen molar-refractivity contribution < 1.29 is 13.2 Å². The lowest BCUT2D eigenvalue weighted by Gasteiger charge is -2.23. The van der Waals surface area contributed by atoms with E-state index in [2.05, 4.69) is 20.8 Å².